The molecule has 8 heteroatoms. The Balaban J connectivity index is 0.665. The summed E-state index contributed by atoms with van der Waals surface area (Å²) in [6.07, 6.45) is 20.9. The second-order valence-corrected chi connectivity index (χ2v) is 17.7. The second kappa shape index (κ2) is 15.3. The fourth-order valence-corrected chi connectivity index (χ4v) is 12.0. The van der Waals surface area contributed by atoms with Crippen molar-refractivity contribution in [3.05, 3.63) is 70.8 Å². The van der Waals surface area contributed by atoms with Crippen molar-refractivity contribution in [1.82, 2.24) is 31.1 Å². The average Bonchev–Trinajstić information content (AvgIpc) is 3.93. The Hall–Kier alpha value is -3.10. The lowest BCUT2D eigenvalue weighted by Gasteiger charge is -2.35. The summed E-state index contributed by atoms with van der Waals surface area (Å²) in [6, 6.07) is 21.1. The minimum absolute atomic E-state index is 0.0152. The number of carbonyl (C=O) groups excluding carboxylic acids is 2. The van der Waals surface area contributed by atoms with E-state index >= 15 is 0 Å². The van der Waals surface area contributed by atoms with Crippen LogP contribution in [0.3, 0.4) is 0 Å². The van der Waals surface area contributed by atoms with Crippen molar-refractivity contribution < 1.29 is 9.59 Å². The molecule has 52 heavy (non-hydrogen) atoms. The van der Waals surface area contributed by atoms with Crippen LogP contribution in [-0.4, -0.2) is 59.1 Å². The third kappa shape index (κ3) is 7.11. The van der Waals surface area contributed by atoms with Crippen molar-refractivity contribution in [1.29, 1.82) is 0 Å². The molecule has 9 rings (SSSR count). The fraction of sp³-hybridized carbons (Fsp3) is 0.682. The zero-order chi connectivity index (χ0) is 35.0. The largest absolute Gasteiger partial charge is 0.335 e. The lowest BCUT2D eigenvalue weighted by molar-refractivity contribution is 0.181. The number of hydrogen-bond donors (Lipinski definition) is 4. The number of amides is 4. The van der Waals surface area contributed by atoms with Gasteiger partial charge in [-0.3, -0.25) is 9.80 Å². The molecule has 2 saturated heterocycles. The summed E-state index contributed by atoms with van der Waals surface area (Å²) < 4.78 is 0. The van der Waals surface area contributed by atoms with E-state index in [1.54, 1.807) is 22.3 Å². The molecule has 0 radical (unpaired) electrons. The molecule has 2 unspecified atom stereocenters. The van der Waals surface area contributed by atoms with Gasteiger partial charge in [0, 0.05) is 36.3 Å². The van der Waals surface area contributed by atoms with Gasteiger partial charge in [0.2, 0.25) is 0 Å². The molecule has 3 saturated carbocycles. The van der Waals surface area contributed by atoms with E-state index in [1.807, 2.05) is 0 Å². The van der Waals surface area contributed by atoms with Gasteiger partial charge in [-0.1, -0.05) is 61.4 Å². The van der Waals surface area contributed by atoms with Crippen LogP contribution < -0.4 is 21.3 Å². The maximum absolute atomic E-state index is 13.2. The smallest absolute Gasteiger partial charge is 0.315 e. The average molecular weight is 707 g/mol. The first-order valence-corrected chi connectivity index (χ1v) is 21.4. The van der Waals surface area contributed by atoms with Gasteiger partial charge in [0.15, 0.2) is 0 Å². The first kappa shape index (κ1) is 34.7. The second-order valence-electron chi connectivity index (χ2n) is 17.7. The molecule has 4 bridgehead atoms. The molecular weight excluding hydrogens is 645 g/mol. The summed E-state index contributed by atoms with van der Waals surface area (Å²) in [6.45, 7) is 2.40. The molecule has 7 aliphatic rings. The number of nitrogens with one attached hydrogen (secondary N) is 4. The van der Waals surface area contributed by atoms with Gasteiger partial charge in [-0.2, -0.15) is 0 Å². The summed E-state index contributed by atoms with van der Waals surface area (Å²) in [5, 5.41) is 13.2. The Labute approximate surface area is 311 Å². The van der Waals surface area contributed by atoms with E-state index in [1.165, 1.54) is 77.3 Å². The Morgan fingerprint density at radius 1 is 0.462 bits per heavy atom. The zero-order valence-corrected chi connectivity index (χ0v) is 31.2. The van der Waals surface area contributed by atoms with Crippen LogP contribution in [0.5, 0.6) is 0 Å². The number of rotatable bonds is 10. The van der Waals surface area contributed by atoms with E-state index in [0.717, 1.165) is 63.2 Å². The van der Waals surface area contributed by atoms with E-state index in [9.17, 15) is 9.59 Å². The molecule has 5 fully saturated rings. The molecule has 4 N–H and O–H groups in total. The van der Waals surface area contributed by atoms with Gasteiger partial charge in [0.25, 0.3) is 0 Å². The standard InChI is InChI=1S/C44H62N6O2/c51-43(45-31-17-13-29(14-18-31)25-27-49-39-21-22-40(49)34-8-2-1-7-33(34)39)47-37-11-5-6-12-38(37)48-44(52)46-32-19-15-30(16-20-32)26-28-50-41-23-24-42(50)36-10-4-3-9-35(36)41/h1-4,7-10,29-32,37-42H,5-6,11-28H2,(H2,45,47,51)(H2,46,48,52)/t29?,30?,31?,32?,37?,38?,39-,40+,41-,42+. The highest BCUT2D eigenvalue weighted by molar-refractivity contribution is 5.76. The van der Waals surface area contributed by atoms with Crippen LogP contribution in [0.2, 0.25) is 0 Å². The van der Waals surface area contributed by atoms with Gasteiger partial charge in [0.05, 0.1) is 12.1 Å². The Kier molecular flexibility index (Phi) is 10.2. The molecule has 4 aliphatic heterocycles. The van der Waals surface area contributed by atoms with Crippen LogP contribution in [0.15, 0.2) is 48.5 Å². The van der Waals surface area contributed by atoms with Crippen LogP contribution in [0.4, 0.5) is 9.59 Å². The maximum Gasteiger partial charge on any atom is 0.315 e. The Morgan fingerprint density at radius 2 is 0.808 bits per heavy atom. The minimum atomic E-state index is -0.0573. The summed E-state index contributed by atoms with van der Waals surface area (Å²) in [5.74, 6) is 1.52. The monoisotopic (exact) mass is 706 g/mol. The van der Waals surface area contributed by atoms with E-state index in [4.69, 9.17) is 0 Å². The Morgan fingerprint density at radius 3 is 1.15 bits per heavy atom. The van der Waals surface area contributed by atoms with E-state index in [0.29, 0.717) is 24.2 Å². The Bertz CT molecular complexity index is 1390. The van der Waals surface area contributed by atoms with Gasteiger partial charge >= 0.3 is 12.1 Å². The van der Waals surface area contributed by atoms with Crippen LogP contribution >= 0.6 is 0 Å². The van der Waals surface area contributed by atoms with Crippen molar-refractivity contribution in [3.63, 3.8) is 0 Å². The predicted molar refractivity (Wildman–Crippen MR) is 206 cm³/mol. The quantitative estimate of drug-likeness (QED) is 0.199. The molecule has 280 valence electrons. The summed E-state index contributed by atoms with van der Waals surface area (Å²) in [4.78, 5) is 32.0. The lowest BCUT2D eigenvalue weighted by Crippen LogP contribution is -2.58. The molecule has 0 spiro atoms. The van der Waals surface area contributed by atoms with Gasteiger partial charge in [-0.25, -0.2) is 9.59 Å². The summed E-state index contributed by atoms with van der Waals surface area (Å²) >= 11 is 0. The summed E-state index contributed by atoms with van der Waals surface area (Å²) in [5.41, 5.74) is 6.31. The first-order valence-electron chi connectivity index (χ1n) is 21.4. The molecule has 0 aromatic heterocycles. The number of fused-ring (bicyclic) bond motifs is 10. The van der Waals surface area contributed by atoms with Crippen LogP contribution in [-0.2, 0) is 0 Å². The van der Waals surface area contributed by atoms with Gasteiger partial charge < -0.3 is 21.3 Å². The highest BCUT2D eigenvalue weighted by Crippen LogP contribution is 2.54. The molecule has 4 amide bonds. The van der Waals surface area contributed by atoms with Crippen molar-refractivity contribution in [2.24, 2.45) is 11.8 Å². The van der Waals surface area contributed by atoms with E-state index in [-0.39, 0.29) is 36.2 Å². The molecule has 3 aliphatic carbocycles. The topological polar surface area (TPSA) is 88.7 Å². The zero-order valence-electron chi connectivity index (χ0n) is 31.2. The third-order valence-electron chi connectivity index (χ3n) is 14.8. The normalized spacial score (nSPS) is 35.2. The maximum atomic E-state index is 13.2. The molecular formula is C44H62N6O2. The van der Waals surface area contributed by atoms with Crippen LogP contribution in [0.25, 0.3) is 0 Å². The minimum Gasteiger partial charge on any atom is -0.335 e. The summed E-state index contributed by atoms with van der Waals surface area (Å²) in [7, 11) is 0. The number of hydrogen-bond acceptors (Lipinski definition) is 4. The number of nitrogens with zero attached hydrogens (tertiary/aromatic N) is 2. The number of benzene rings is 2. The first-order chi connectivity index (χ1) is 25.6. The van der Waals surface area contributed by atoms with Crippen LogP contribution in [0, 0.1) is 11.8 Å². The van der Waals surface area contributed by atoms with Crippen molar-refractivity contribution in [2.75, 3.05) is 13.1 Å². The molecule has 6 atom stereocenters. The fourth-order valence-electron chi connectivity index (χ4n) is 12.0. The predicted octanol–water partition coefficient (Wildman–Crippen LogP) is 8.58. The SMILES string of the molecule is O=C(NC1CCC(CCN2[C@@H]3CC[C@H]2c2ccccc23)CC1)NC1CCCCC1NC(=O)NC1CCC(CCN2[C@@H]3CC[C@H]2c2ccccc23)CC1. The van der Waals surface area contributed by atoms with Gasteiger partial charge in [-0.15, -0.1) is 0 Å². The molecule has 2 aromatic carbocycles. The number of carbonyl (C=O) groups is 2. The van der Waals surface area contributed by atoms with E-state index < -0.39 is 0 Å². The van der Waals surface area contributed by atoms with Crippen molar-refractivity contribution >= 4 is 12.1 Å². The van der Waals surface area contributed by atoms with Crippen LogP contribution in [0.1, 0.15) is 162 Å². The van der Waals surface area contributed by atoms with E-state index in [2.05, 4.69) is 79.6 Å². The molecule has 4 heterocycles. The molecule has 8 nitrogen and oxygen atoms in total. The highest BCUT2D eigenvalue weighted by Gasteiger charge is 2.44. The number of urea groups is 2. The van der Waals surface area contributed by atoms with Crippen molar-refractivity contribution in [2.45, 2.75) is 164 Å². The highest BCUT2D eigenvalue weighted by atomic mass is 16.2. The van der Waals surface area contributed by atoms with Crippen molar-refractivity contribution in [3.8, 4) is 0 Å². The van der Waals surface area contributed by atoms with Gasteiger partial charge in [0.1, 0.15) is 0 Å². The van der Waals surface area contributed by atoms with Gasteiger partial charge in [-0.05, 0) is 150 Å². The lowest BCUT2D eigenvalue weighted by atomic mass is 9.84. The third-order valence-corrected chi connectivity index (χ3v) is 14.8. The molecule has 2 aromatic rings.